The Bertz CT molecular complexity index is 2890. The Kier molecular flexibility index (Phi) is 5.58. The first kappa shape index (κ1) is 28.0. The number of hydrogen-bond acceptors (Lipinski definition) is 1. The van der Waals surface area contributed by atoms with Gasteiger partial charge in [0.25, 0.3) is 0 Å². The van der Waals surface area contributed by atoms with Crippen molar-refractivity contribution >= 4 is 72.9 Å². The average molecular weight is 665 g/mol. The Labute approximate surface area is 301 Å². The second-order valence-electron chi connectivity index (χ2n) is 14.1. The molecule has 0 spiro atoms. The smallest absolute Gasteiger partial charge is 0.235 e. The predicted molar refractivity (Wildman–Crippen MR) is 217 cm³/mol. The second-order valence-corrected chi connectivity index (χ2v) is 14.1. The molecule has 7 aromatic rings. The minimum atomic E-state index is 0.128. The van der Waals surface area contributed by atoms with Crippen LogP contribution in [0, 0.1) is 0 Å². The molecule has 3 aliphatic heterocycles. The molecule has 4 nitrogen and oxygen atoms in total. The van der Waals surface area contributed by atoms with Gasteiger partial charge in [0.1, 0.15) is 23.3 Å². The number of para-hydroxylation sites is 5. The van der Waals surface area contributed by atoms with Crippen LogP contribution in [-0.2, 0) is 0 Å². The average Bonchev–Trinajstić information content (AvgIpc) is 3.74. The van der Waals surface area contributed by atoms with Crippen LogP contribution in [0.4, 0.5) is 34.1 Å². The highest BCUT2D eigenvalue weighted by atomic mass is 15.3. The largest absolute Gasteiger partial charge is 0.318 e. The Morgan fingerprint density at radius 2 is 1.15 bits per heavy atom. The third-order valence-corrected chi connectivity index (χ3v) is 11.5. The number of nitrogens with zero attached hydrogens (tertiary/aromatic N) is 4. The van der Waals surface area contributed by atoms with Crippen LogP contribution in [0.1, 0.15) is 11.6 Å². The molecule has 1 aromatic heterocycles. The predicted octanol–water partition coefficient (Wildman–Crippen LogP) is 11.2. The van der Waals surface area contributed by atoms with Crippen molar-refractivity contribution in [1.82, 2.24) is 13.7 Å². The van der Waals surface area contributed by atoms with Gasteiger partial charge < -0.3 is 9.47 Å². The minimum absolute atomic E-state index is 0.128. The molecular formula is C48H32N4+2. The lowest BCUT2D eigenvalue weighted by Gasteiger charge is -2.32. The monoisotopic (exact) mass is 664 g/mol. The number of anilines is 2. The Hall–Kier alpha value is -6.78. The van der Waals surface area contributed by atoms with Gasteiger partial charge in [-0.25, -0.2) is 0 Å². The van der Waals surface area contributed by atoms with Crippen LogP contribution in [0.5, 0.6) is 0 Å². The van der Waals surface area contributed by atoms with Crippen molar-refractivity contribution in [3.05, 3.63) is 188 Å². The first-order valence-corrected chi connectivity index (χ1v) is 18.1. The van der Waals surface area contributed by atoms with Crippen molar-refractivity contribution in [3.8, 4) is 11.1 Å². The van der Waals surface area contributed by atoms with Crippen molar-refractivity contribution in [2.45, 2.75) is 12.1 Å². The lowest BCUT2D eigenvalue weighted by molar-refractivity contribution is 0.781. The molecular weight excluding hydrogens is 633 g/mol. The fourth-order valence-corrected chi connectivity index (χ4v) is 9.40. The van der Waals surface area contributed by atoms with Gasteiger partial charge in [-0.3, -0.25) is 0 Å². The molecule has 52 heavy (non-hydrogen) atoms. The molecule has 2 unspecified atom stereocenters. The van der Waals surface area contributed by atoms with E-state index in [9.17, 15) is 0 Å². The maximum Gasteiger partial charge on any atom is 0.235 e. The van der Waals surface area contributed by atoms with E-state index < -0.39 is 0 Å². The molecule has 0 saturated heterocycles. The summed E-state index contributed by atoms with van der Waals surface area (Å²) in [5.41, 5.74) is 17.5. The Balaban J connectivity index is 0.937. The quantitative estimate of drug-likeness (QED) is 0.172. The summed E-state index contributed by atoms with van der Waals surface area (Å²) in [6, 6.07) is 51.6. The van der Waals surface area contributed by atoms with Crippen molar-refractivity contribution in [3.63, 3.8) is 0 Å². The van der Waals surface area contributed by atoms with Crippen LogP contribution < -0.4 is 14.1 Å². The summed E-state index contributed by atoms with van der Waals surface area (Å²) >= 11 is 0. The van der Waals surface area contributed by atoms with Crippen LogP contribution in [0.25, 0.3) is 38.5 Å². The van der Waals surface area contributed by atoms with Crippen molar-refractivity contribution < 1.29 is 0 Å². The maximum atomic E-state index is 2.52. The summed E-state index contributed by atoms with van der Waals surface area (Å²) in [5.74, 6) is 0. The van der Waals surface area contributed by atoms with Gasteiger partial charge in [0, 0.05) is 64.9 Å². The third kappa shape index (κ3) is 3.65. The van der Waals surface area contributed by atoms with Crippen LogP contribution in [0.2, 0.25) is 0 Å². The van der Waals surface area contributed by atoms with Crippen LogP contribution in [0.15, 0.2) is 182 Å². The van der Waals surface area contributed by atoms with Gasteiger partial charge in [-0.1, -0.05) is 91.0 Å². The van der Waals surface area contributed by atoms with Crippen LogP contribution >= 0.6 is 0 Å². The summed E-state index contributed by atoms with van der Waals surface area (Å²) in [4.78, 5) is 2.52. The van der Waals surface area contributed by atoms with Crippen molar-refractivity contribution in [2.24, 2.45) is 0 Å². The molecule has 0 amide bonds. The third-order valence-electron chi connectivity index (χ3n) is 11.5. The number of rotatable bonds is 3. The molecule has 4 heteroatoms. The molecule has 0 fully saturated rings. The van der Waals surface area contributed by atoms with E-state index in [1.165, 1.54) is 89.6 Å². The SMILES string of the molecule is C1=CC2=[N+](c3ccc(-c4ccc([N+]5=C6C=CC=CC6n6c7ccccc7c7cccc5c76)cc4)cc3)c3ccccc3N3c4ccccc4C(=C1)C23. The van der Waals surface area contributed by atoms with E-state index in [1.807, 2.05) is 0 Å². The highest BCUT2D eigenvalue weighted by molar-refractivity contribution is 6.21. The fraction of sp³-hybridized carbons (Fsp3) is 0.0417. The van der Waals surface area contributed by atoms with E-state index in [1.54, 1.807) is 0 Å². The zero-order valence-corrected chi connectivity index (χ0v) is 28.3. The second kappa shape index (κ2) is 10.4. The summed E-state index contributed by atoms with van der Waals surface area (Å²) in [5, 5.41) is 2.60. The highest BCUT2D eigenvalue weighted by Gasteiger charge is 2.48. The zero-order chi connectivity index (χ0) is 33.9. The molecule has 12 rings (SSSR count). The first-order valence-electron chi connectivity index (χ1n) is 18.1. The molecule has 2 aliphatic carbocycles. The standard InChI is InChI=1S/C48H32N4/c1-3-15-39-35(11-1)37-13-9-21-45-47(37)51(39)43-19-7-5-17-41(43)49(45)33-27-23-31(24-28-33)32-25-29-34(30-26-32)50-42-18-6-8-20-44(42)52-40-16-4-2-12-36(40)38-14-10-22-46(50)48(38)52/h1-30,43,48H/q+2. The van der Waals surface area contributed by atoms with E-state index in [0.29, 0.717) is 0 Å². The number of benzene rings is 6. The van der Waals surface area contributed by atoms with E-state index in [4.69, 9.17) is 0 Å². The van der Waals surface area contributed by atoms with Crippen LogP contribution in [-0.4, -0.2) is 22.0 Å². The maximum absolute atomic E-state index is 2.52. The molecule has 0 radical (unpaired) electrons. The lowest BCUT2D eigenvalue weighted by atomic mass is 9.92. The number of fused-ring (bicyclic) bond motifs is 10. The minimum Gasteiger partial charge on any atom is -0.318 e. The van der Waals surface area contributed by atoms with Crippen LogP contribution in [0.3, 0.4) is 0 Å². The summed E-state index contributed by atoms with van der Waals surface area (Å²) in [6.45, 7) is 0. The first-order chi connectivity index (χ1) is 25.8. The topological polar surface area (TPSA) is 14.2 Å². The summed E-state index contributed by atoms with van der Waals surface area (Å²) in [7, 11) is 0. The molecule has 5 aliphatic rings. The van der Waals surface area contributed by atoms with Gasteiger partial charge in [0.05, 0.1) is 11.2 Å². The molecule has 0 bridgehead atoms. The molecule has 242 valence electrons. The number of allylic oxidation sites excluding steroid dienone is 6. The molecule has 4 heterocycles. The van der Waals surface area contributed by atoms with Crippen molar-refractivity contribution in [2.75, 3.05) is 4.90 Å². The molecule has 6 aromatic carbocycles. The van der Waals surface area contributed by atoms with E-state index in [-0.39, 0.29) is 12.1 Å². The molecule has 0 saturated carbocycles. The fourth-order valence-electron chi connectivity index (χ4n) is 9.40. The van der Waals surface area contributed by atoms with Gasteiger partial charge >= 0.3 is 0 Å². The van der Waals surface area contributed by atoms with Gasteiger partial charge in [-0.15, -0.1) is 0 Å². The number of aromatic nitrogens is 1. The normalized spacial score (nSPS) is 18.8. The summed E-state index contributed by atoms with van der Waals surface area (Å²) in [6.07, 6.45) is 15.7. The van der Waals surface area contributed by atoms with E-state index in [2.05, 4.69) is 201 Å². The molecule has 0 N–H and O–H groups in total. The zero-order valence-electron chi connectivity index (χ0n) is 28.3. The van der Waals surface area contributed by atoms with Crippen molar-refractivity contribution in [1.29, 1.82) is 0 Å². The lowest BCUT2D eigenvalue weighted by Crippen LogP contribution is -2.43. The van der Waals surface area contributed by atoms with Gasteiger partial charge in [-0.2, -0.15) is 9.15 Å². The Morgan fingerprint density at radius 3 is 1.98 bits per heavy atom. The molecule has 2 atom stereocenters. The number of hydrogen-bond donors (Lipinski definition) is 0. The van der Waals surface area contributed by atoms with Gasteiger partial charge in [0.15, 0.2) is 0 Å². The van der Waals surface area contributed by atoms with Gasteiger partial charge in [0.2, 0.25) is 34.2 Å². The van der Waals surface area contributed by atoms with Gasteiger partial charge in [-0.05, 0) is 59.2 Å². The Morgan fingerprint density at radius 1 is 0.500 bits per heavy atom. The highest BCUT2D eigenvalue weighted by Crippen LogP contribution is 2.52. The van der Waals surface area contributed by atoms with E-state index in [0.717, 1.165) is 0 Å². The van der Waals surface area contributed by atoms with E-state index >= 15 is 0 Å². The summed E-state index contributed by atoms with van der Waals surface area (Å²) < 4.78 is 7.42.